The average molecular weight is 558 g/mol. The number of esters is 1. The number of nitrogens with zero attached hydrogens (tertiary/aromatic N) is 3. The van der Waals surface area contributed by atoms with Crippen LogP contribution in [0, 0.1) is 0 Å². The summed E-state index contributed by atoms with van der Waals surface area (Å²) in [6.07, 6.45) is 1.71. The zero-order chi connectivity index (χ0) is 25.4. The molecule has 0 saturated heterocycles. The third kappa shape index (κ3) is 4.79. The molecule has 9 heteroatoms. The first kappa shape index (κ1) is 25.2. The number of allylic oxidation sites excluding steroid dienone is 1. The van der Waals surface area contributed by atoms with Crippen molar-refractivity contribution in [3.63, 3.8) is 0 Å². The van der Waals surface area contributed by atoms with Crippen LogP contribution < -0.4 is 19.8 Å². The van der Waals surface area contributed by atoms with E-state index in [4.69, 9.17) is 9.15 Å². The number of halogens is 1. The monoisotopic (exact) mass is 557 g/mol. The van der Waals surface area contributed by atoms with Crippen LogP contribution in [0.2, 0.25) is 0 Å². The smallest absolute Gasteiger partial charge is 0.338 e. The fourth-order valence-electron chi connectivity index (χ4n) is 4.05. The zero-order valence-electron chi connectivity index (χ0n) is 20.6. The lowest BCUT2D eigenvalue weighted by Gasteiger charge is -2.25. The maximum Gasteiger partial charge on any atom is 0.338 e. The quantitative estimate of drug-likeness (QED) is 0.421. The summed E-state index contributed by atoms with van der Waals surface area (Å²) in [5.41, 5.74) is 2.69. The van der Waals surface area contributed by atoms with Gasteiger partial charge in [-0.25, -0.2) is 9.79 Å². The number of fused-ring (bicyclic) bond motifs is 1. The van der Waals surface area contributed by atoms with E-state index in [-0.39, 0.29) is 12.2 Å². The fourth-order valence-corrected chi connectivity index (χ4v) is 5.74. The van der Waals surface area contributed by atoms with Gasteiger partial charge in [0, 0.05) is 26.2 Å². The molecule has 35 heavy (non-hydrogen) atoms. The van der Waals surface area contributed by atoms with Crippen LogP contribution in [0.4, 0.5) is 5.88 Å². The molecule has 7 nitrogen and oxygen atoms in total. The lowest BCUT2D eigenvalue weighted by molar-refractivity contribution is -0.139. The second-order valence-electron chi connectivity index (χ2n) is 8.82. The van der Waals surface area contributed by atoms with Crippen molar-refractivity contribution in [2.75, 3.05) is 25.6 Å². The van der Waals surface area contributed by atoms with E-state index in [1.165, 1.54) is 16.9 Å². The first-order chi connectivity index (χ1) is 16.6. The van der Waals surface area contributed by atoms with Gasteiger partial charge in [-0.05, 0) is 46.8 Å². The molecule has 1 aliphatic rings. The normalized spacial score (nSPS) is 15.9. The van der Waals surface area contributed by atoms with E-state index in [9.17, 15) is 9.59 Å². The minimum atomic E-state index is -0.630. The minimum Gasteiger partial charge on any atom is -0.463 e. The largest absolute Gasteiger partial charge is 0.463 e. The molecule has 1 atom stereocenters. The lowest BCUT2D eigenvalue weighted by atomic mass is 9.93. The predicted octanol–water partition coefficient (Wildman–Crippen LogP) is 4.34. The number of rotatable bonds is 6. The van der Waals surface area contributed by atoms with Crippen molar-refractivity contribution in [1.82, 2.24) is 4.57 Å². The summed E-state index contributed by atoms with van der Waals surface area (Å²) in [7, 11) is 3.76. The van der Waals surface area contributed by atoms with E-state index < -0.39 is 12.0 Å². The first-order valence-electron chi connectivity index (χ1n) is 11.4. The van der Waals surface area contributed by atoms with Gasteiger partial charge in [-0.15, -0.1) is 0 Å². The Kier molecular flexibility index (Phi) is 7.19. The lowest BCUT2D eigenvalue weighted by Crippen LogP contribution is -2.39. The molecule has 0 unspecified atom stereocenters. The van der Waals surface area contributed by atoms with Crippen LogP contribution in [-0.2, 0) is 9.53 Å². The topological polar surface area (TPSA) is 77.0 Å². The van der Waals surface area contributed by atoms with Gasteiger partial charge in [-0.3, -0.25) is 9.36 Å². The van der Waals surface area contributed by atoms with Crippen molar-refractivity contribution < 1.29 is 13.9 Å². The van der Waals surface area contributed by atoms with Crippen molar-refractivity contribution in [3.05, 3.63) is 82.6 Å². The Hall–Kier alpha value is -2.91. The highest BCUT2D eigenvalue weighted by Gasteiger charge is 2.33. The second kappa shape index (κ2) is 9.99. The number of thiazole rings is 1. The number of benzene rings is 1. The number of carbonyl (C=O) groups is 1. The van der Waals surface area contributed by atoms with Gasteiger partial charge in [0.25, 0.3) is 5.56 Å². The van der Waals surface area contributed by atoms with Gasteiger partial charge in [0.05, 0.1) is 32.9 Å². The van der Waals surface area contributed by atoms with Crippen molar-refractivity contribution in [1.29, 1.82) is 0 Å². The molecule has 0 bridgehead atoms. The summed E-state index contributed by atoms with van der Waals surface area (Å²) in [5.74, 6) is 1.11. The molecular weight excluding hydrogens is 530 g/mol. The molecule has 3 heterocycles. The SMILES string of the molecule is CCOC(=O)C1=C(C)N=c2s/c(=C/c3cc(Br)c(N(C)C)o3)c(=O)n2[C@@H]1c1ccc(C(C)C)cc1. The van der Waals surface area contributed by atoms with Gasteiger partial charge in [0.2, 0.25) is 5.88 Å². The number of ether oxygens (including phenoxy) is 1. The highest BCUT2D eigenvalue weighted by molar-refractivity contribution is 9.10. The van der Waals surface area contributed by atoms with Crippen molar-refractivity contribution in [2.24, 2.45) is 4.99 Å². The van der Waals surface area contributed by atoms with Gasteiger partial charge in [-0.2, -0.15) is 0 Å². The van der Waals surface area contributed by atoms with Crippen LogP contribution in [0.25, 0.3) is 6.08 Å². The van der Waals surface area contributed by atoms with Crippen LogP contribution in [0.5, 0.6) is 0 Å². The van der Waals surface area contributed by atoms with Crippen LogP contribution in [0.15, 0.2) is 60.3 Å². The third-order valence-corrected chi connectivity index (χ3v) is 7.35. The maximum absolute atomic E-state index is 13.7. The molecule has 0 aliphatic carbocycles. The number of anilines is 1. The van der Waals surface area contributed by atoms with Crippen molar-refractivity contribution >= 4 is 45.2 Å². The standard InChI is InChI=1S/C26H28BrN3O4S/c1-7-33-25(32)21-15(4)28-26-30(22(21)17-10-8-16(9-11-17)14(2)3)23(31)20(35-26)13-18-12-19(27)24(34-18)29(5)6/h8-14,22H,7H2,1-6H3/b20-13+/t22-/m1/s1. The van der Waals surface area contributed by atoms with E-state index in [0.717, 1.165) is 10.0 Å². The van der Waals surface area contributed by atoms with Crippen LogP contribution in [0.1, 0.15) is 56.5 Å². The van der Waals surface area contributed by atoms with Gasteiger partial charge < -0.3 is 14.1 Å². The molecule has 3 aromatic rings. The Morgan fingerprint density at radius 1 is 1.31 bits per heavy atom. The van der Waals surface area contributed by atoms with Crippen molar-refractivity contribution in [3.8, 4) is 0 Å². The molecule has 1 aliphatic heterocycles. The number of hydrogen-bond donors (Lipinski definition) is 0. The molecule has 2 aromatic heterocycles. The highest BCUT2D eigenvalue weighted by Crippen LogP contribution is 2.32. The summed E-state index contributed by atoms with van der Waals surface area (Å²) in [6, 6.07) is 9.22. The summed E-state index contributed by atoms with van der Waals surface area (Å²) < 4.78 is 14.1. The molecule has 184 valence electrons. The van der Waals surface area contributed by atoms with E-state index in [1.807, 2.05) is 49.3 Å². The summed E-state index contributed by atoms with van der Waals surface area (Å²) in [4.78, 5) is 33.7. The van der Waals surface area contributed by atoms with E-state index in [0.29, 0.717) is 38.2 Å². The predicted molar refractivity (Wildman–Crippen MR) is 142 cm³/mol. The van der Waals surface area contributed by atoms with Gasteiger partial charge in [0.15, 0.2) is 4.80 Å². The van der Waals surface area contributed by atoms with E-state index in [2.05, 4.69) is 34.8 Å². The van der Waals surface area contributed by atoms with Gasteiger partial charge >= 0.3 is 5.97 Å². The second-order valence-corrected chi connectivity index (χ2v) is 10.7. The Balaban J connectivity index is 1.91. The number of hydrogen-bond acceptors (Lipinski definition) is 7. The Morgan fingerprint density at radius 3 is 2.57 bits per heavy atom. The molecular formula is C26H28BrN3O4S. The Morgan fingerprint density at radius 2 is 2.00 bits per heavy atom. The van der Waals surface area contributed by atoms with Gasteiger partial charge in [0.1, 0.15) is 5.76 Å². The zero-order valence-corrected chi connectivity index (χ0v) is 23.0. The molecule has 0 saturated carbocycles. The molecule has 1 aromatic carbocycles. The highest BCUT2D eigenvalue weighted by atomic mass is 79.9. The van der Waals surface area contributed by atoms with Crippen LogP contribution >= 0.6 is 27.3 Å². The van der Waals surface area contributed by atoms with E-state index >= 15 is 0 Å². The number of aromatic nitrogens is 1. The summed E-state index contributed by atoms with van der Waals surface area (Å²) in [6.45, 7) is 8.03. The summed E-state index contributed by atoms with van der Waals surface area (Å²) in [5, 5.41) is 0. The van der Waals surface area contributed by atoms with Gasteiger partial charge in [-0.1, -0.05) is 49.4 Å². The molecule has 0 spiro atoms. The number of carbonyl (C=O) groups excluding carboxylic acids is 1. The summed E-state index contributed by atoms with van der Waals surface area (Å²) >= 11 is 4.77. The average Bonchev–Trinajstić information content (AvgIpc) is 3.32. The third-order valence-electron chi connectivity index (χ3n) is 5.80. The fraction of sp³-hybridized carbons (Fsp3) is 0.346. The van der Waals surface area contributed by atoms with Crippen LogP contribution in [0.3, 0.4) is 0 Å². The number of furan rings is 1. The molecule has 0 radical (unpaired) electrons. The molecule has 0 amide bonds. The molecule has 0 N–H and O–H groups in total. The van der Waals surface area contributed by atoms with E-state index in [1.54, 1.807) is 24.5 Å². The first-order valence-corrected chi connectivity index (χ1v) is 13.0. The van der Waals surface area contributed by atoms with Crippen LogP contribution in [-0.4, -0.2) is 31.2 Å². The molecule has 4 rings (SSSR count). The molecule has 0 fully saturated rings. The Bertz CT molecular complexity index is 1480. The maximum atomic E-state index is 13.7. The minimum absolute atomic E-state index is 0.236. The Labute approximate surface area is 216 Å². The van der Waals surface area contributed by atoms with Crippen molar-refractivity contribution in [2.45, 2.75) is 39.7 Å².